The van der Waals surface area contributed by atoms with Crippen molar-refractivity contribution in [1.82, 2.24) is 0 Å². The average molecular weight is 455 g/mol. The van der Waals surface area contributed by atoms with Gasteiger partial charge in [-0.05, 0) is 24.2 Å². The SMILES string of the molecule is CC(C)COC(=O)CCCCCCCCCCCCCCCC(C)CC(=O)OCC(C)C. The monoisotopic (exact) mass is 454 g/mol. The molecule has 0 aliphatic carbocycles. The van der Waals surface area contributed by atoms with E-state index < -0.39 is 0 Å². The molecule has 1 atom stereocenters. The van der Waals surface area contributed by atoms with Gasteiger partial charge in [0.1, 0.15) is 0 Å². The number of hydrogen-bond donors (Lipinski definition) is 0. The van der Waals surface area contributed by atoms with Crippen molar-refractivity contribution in [2.24, 2.45) is 17.8 Å². The van der Waals surface area contributed by atoms with Crippen LogP contribution in [0.3, 0.4) is 0 Å². The third kappa shape index (κ3) is 23.6. The lowest BCUT2D eigenvalue weighted by molar-refractivity contribution is -0.146. The van der Waals surface area contributed by atoms with Crippen LogP contribution >= 0.6 is 0 Å². The summed E-state index contributed by atoms with van der Waals surface area (Å²) < 4.78 is 10.5. The first-order chi connectivity index (χ1) is 15.3. The molecule has 0 bridgehead atoms. The molecule has 190 valence electrons. The van der Waals surface area contributed by atoms with Crippen molar-refractivity contribution in [3.8, 4) is 0 Å². The third-order valence-electron chi connectivity index (χ3n) is 5.75. The normalized spacial score (nSPS) is 12.3. The van der Waals surface area contributed by atoms with E-state index >= 15 is 0 Å². The molecule has 0 aromatic rings. The fourth-order valence-corrected chi connectivity index (χ4v) is 3.74. The van der Waals surface area contributed by atoms with Crippen molar-refractivity contribution in [2.45, 2.75) is 137 Å². The molecule has 0 N–H and O–H groups in total. The van der Waals surface area contributed by atoms with Gasteiger partial charge in [0.25, 0.3) is 0 Å². The predicted molar refractivity (Wildman–Crippen MR) is 135 cm³/mol. The summed E-state index contributed by atoms with van der Waals surface area (Å²) in [6, 6.07) is 0. The fraction of sp³-hybridized carbons (Fsp3) is 0.929. The van der Waals surface area contributed by atoms with Crippen molar-refractivity contribution in [3.63, 3.8) is 0 Å². The Morgan fingerprint density at radius 2 is 0.906 bits per heavy atom. The summed E-state index contributed by atoms with van der Waals surface area (Å²) in [7, 11) is 0. The number of esters is 2. The zero-order valence-corrected chi connectivity index (χ0v) is 22.1. The Hall–Kier alpha value is -1.06. The van der Waals surface area contributed by atoms with Crippen LogP contribution in [0.15, 0.2) is 0 Å². The van der Waals surface area contributed by atoms with E-state index in [1.54, 1.807) is 0 Å². The summed E-state index contributed by atoms with van der Waals surface area (Å²) in [6.45, 7) is 11.5. The van der Waals surface area contributed by atoms with E-state index in [1.807, 2.05) is 0 Å². The maximum absolute atomic E-state index is 11.7. The van der Waals surface area contributed by atoms with Crippen molar-refractivity contribution in [1.29, 1.82) is 0 Å². The van der Waals surface area contributed by atoms with Gasteiger partial charge >= 0.3 is 11.9 Å². The Morgan fingerprint density at radius 1 is 0.531 bits per heavy atom. The molecular formula is C28H54O4. The highest BCUT2D eigenvalue weighted by atomic mass is 16.5. The number of carbonyl (C=O) groups excluding carboxylic acids is 2. The molecule has 4 nitrogen and oxygen atoms in total. The molecule has 0 aromatic carbocycles. The van der Waals surface area contributed by atoms with E-state index in [0.29, 0.717) is 43.8 Å². The van der Waals surface area contributed by atoms with Gasteiger partial charge in [0, 0.05) is 12.8 Å². The number of ether oxygens (including phenoxy) is 2. The number of hydrogen-bond acceptors (Lipinski definition) is 4. The maximum atomic E-state index is 11.7. The van der Waals surface area contributed by atoms with Crippen LogP contribution in [0.4, 0.5) is 0 Å². The minimum atomic E-state index is -0.0343. The Morgan fingerprint density at radius 3 is 1.34 bits per heavy atom. The van der Waals surface area contributed by atoms with Crippen molar-refractivity contribution in [2.75, 3.05) is 13.2 Å². The van der Waals surface area contributed by atoms with Gasteiger partial charge in [0.2, 0.25) is 0 Å². The number of unbranched alkanes of at least 4 members (excludes halogenated alkanes) is 12. The highest BCUT2D eigenvalue weighted by Crippen LogP contribution is 2.17. The quantitative estimate of drug-likeness (QED) is 0.122. The molecule has 0 spiro atoms. The smallest absolute Gasteiger partial charge is 0.306 e. The first-order valence-corrected chi connectivity index (χ1v) is 13.6. The summed E-state index contributed by atoms with van der Waals surface area (Å²) >= 11 is 0. The molecule has 0 radical (unpaired) electrons. The van der Waals surface area contributed by atoms with Crippen LogP contribution in [0.5, 0.6) is 0 Å². The molecule has 32 heavy (non-hydrogen) atoms. The fourth-order valence-electron chi connectivity index (χ4n) is 3.74. The van der Waals surface area contributed by atoms with Crippen molar-refractivity contribution >= 4 is 11.9 Å². The van der Waals surface area contributed by atoms with E-state index in [-0.39, 0.29) is 11.9 Å². The van der Waals surface area contributed by atoms with Crippen molar-refractivity contribution < 1.29 is 19.1 Å². The van der Waals surface area contributed by atoms with E-state index in [1.165, 1.54) is 70.6 Å². The molecule has 0 rings (SSSR count). The van der Waals surface area contributed by atoms with Gasteiger partial charge in [-0.15, -0.1) is 0 Å². The molecule has 0 aromatic heterocycles. The second kappa shape index (κ2) is 21.8. The second-order valence-corrected chi connectivity index (χ2v) is 10.6. The zero-order chi connectivity index (χ0) is 24.0. The van der Waals surface area contributed by atoms with Gasteiger partial charge in [0.15, 0.2) is 0 Å². The van der Waals surface area contributed by atoms with Crippen LogP contribution in [0.25, 0.3) is 0 Å². The standard InChI is InChI=1S/C28H54O4/c1-24(2)22-31-27(29)20-18-16-14-12-10-8-6-7-9-11-13-15-17-19-26(5)21-28(30)32-23-25(3)4/h24-26H,6-23H2,1-5H3. The first kappa shape index (κ1) is 30.9. The summed E-state index contributed by atoms with van der Waals surface area (Å²) in [5.74, 6) is 1.21. The highest BCUT2D eigenvalue weighted by molar-refractivity contribution is 5.69. The van der Waals surface area contributed by atoms with Crippen LogP contribution in [0.2, 0.25) is 0 Å². The molecular weight excluding hydrogens is 400 g/mol. The van der Waals surface area contributed by atoms with Crippen LogP contribution in [0.1, 0.15) is 137 Å². The Labute approximate surface area is 199 Å². The molecule has 0 amide bonds. The molecule has 0 fully saturated rings. The lowest BCUT2D eigenvalue weighted by Crippen LogP contribution is -2.13. The van der Waals surface area contributed by atoms with E-state index in [9.17, 15) is 9.59 Å². The van der Waals surface area contributed by atoms with Gasteiger partial charge < -0.3 is 9.47 Å². The average Bonchev–Trinajstić information content (AvgIpc) is 2.73. The predicted octanol–water partition coefficient (Wildman–Crippen LogP) is 8.26. The van der Waals surface area contributed by atoms with Gasteiger partial charge in [0.05, 0.1) is 13.2 Å². The van der Waals surface area contributed by atoms with Gasteiger partial charge in [-0.25, -0.2) is 0 Å². The Bertz CT molecular complexity index is 445. The third-order valence-corrected chi connectivity index (χ3v) is 5.75. The molecule has 0 saturated heterocycles. The molecule has 0 heterocycles. The minimum Gasteiger partial charge on any atom is -0.465 e. The molecule has 1 unspecified atom stereocenters. The molecule has 0 aliphatic rings. The van der Waals surface area contributed by atoms with Crippen LogP contribution in [-0.2, 0) is 19.1 Å². The Balaban J connectivity index is 3.28. The largest absolute Gasteiger partial charge is 0.465 e. The van der Waals surface area contributed by atoms with E-state index in [4.69, 9.17) is 9.47 Å². The molecule has 0 saturated carbocycles. The van der Waals surface area contributed by atoms with Crippen LogP contribution in [0, 0.1) is 17.8 Å². The second-order valence-electron chi connectivity index (χ2n) is 10.6. The minimum absolute atomic E-state index is 0.0324. The number of rotatable bonds is 22. The van der Waals surface area contributed by atoms with Crippen LogP contribution < -0.4 is 0 Å². The summed E-state index contributed by atoms with van der Waals surface area (Å²) in [5.41, 5.74) is 0. The summed E-state index contributed by atoms with van der Waals surface area (Å²) in [6.07, 6.45) is 18.9. The van der Waals surface area contributed by atoms with E-state index in [0.717, 1.165) is 19.3 Å². The number of carbonyl (C=O) groups is 2. The Kier molecular flexibility index (Phi) is 21.0. The maximum Gasteiger partial charge on any atom is 0.306 e. The lowest BCUT2D eigenvalue weighted by atomic mass is 9.98. The molecule has 0 aliphatic heterocycles. The van der Waals surface area contributed by atoms with Crippen LogP contribution in [-0.4, -0.2) is 25.2 Å². The van der Waals surface area contributed by atoms with Gasteiger partial charge in [-0.3, -0.25) is 9.59 Å². The topological polar surface area (TPSA) is 52.6 Å². The van der Waals surface area contributed by atoms with Crippen molar-refractivity contribution in [3.05, 3.63) is 0 Å². The van der Waals surface area contributed by atoms with Gasteiger partial charge in [-0.2, -0.15) is 0 Å². The summed E-state index contributed by atoms with van der Waals surface area (Å²) in [5, 5.41) is 0. The summed E-state index contributed by atoms with van der Waals surface area (Å²) in [4.78, 5) is 23.3. The molecule has 4 heteroatoms. The van der Waals surface area contributed by atoms with E-state index in [2.05, 4.69) is 34.6 Å². The highest BCUT2D eigenvalue weighted by Gasteiger charge is 2.10. The zero-order valence-electron chi connectivity index (χ0n) is 22.1. The lowest BCUT2D eigenvalue weighted by Gasteiger charge is -2.12. The first-order valence-electron chi connectivity index (χ1n) is 13.6. The van der Waals surface area contributed by atoms with Gasteiger partial charge in [-0.1, -0.05) is 118 Å².